The molecule has 1 aliphatic carbocycles. The zero-order chi connectivity index (χ0) is 14.6. The topological polar surface area (TPSA) is 41.1 Å². The molecule has 2 N–H and O–H groups in total. The van der Waals surface area contributed by atoms with Gasteiger partial charge in [-0.2, -0.15) is 0 Å². The van der Waals surface area contributed by atoms with E-state index < -0.39 is 0 Å². The van der Waals surface area contributed by atoms with E-state index in [4.69, 9.17) is 0 Å². The van der Waals surface area contributed by atoms with Crippen molar-refractivity contribution >= 4 is 17.3 Å². The second-order valence-corrected chi connectivity index (χ2v) is 6.07. The molecule has 0 bridgehead atoms. The summed E-state index contributed by atoms with van der Waals surface area (Å²) in [5, 5.41) is 6.60. The zero-order valence-electron chi connectivity index (χ0n) is 12.2. The van der Waals surface area contributed by atoms with Crippen molar-refractivity contribution in [1.82, 2.24) is 0 Å². The molecular weight excluding hydrogens is 260 g/mol. The van der Waals surface area contributed by atoms with E-state index in [1.807, 2.05) is 6.07 Å². The summed E-state index contributed by atoms with van der Waals surface area (Å²) in [6, 6.07) is 13.2. The van der Waals surface area contributed by atoms with E-state index in [1.54, 1.807) is 6.92 Å². The number of fused-ring (bicyclic) bond motifs is 5. The molecule has 106 valence electrons. The number of nitrogens with one attached hydrogen (secondary N) is 2. The average Bonchev–Trinajstić information content (AvgIpc) is 2.95. The maximum absolute atomic E-state index is 11.3. The van der Waals surface area contributed by atoms with Gasteiger partial charge in [0.1, 0.15) is 0 Å². The van der Waals surface area contributed by atoms with Gasteiger partial charge in [0.2, 0.25) is 5.91 Å². The number of benzene rings is 2. The Labute approximate surface area is 124 Å². The lowest BCUT2D eigenvalue weighted by Crippen LogP contribution is -2.06. The van der Waals surface area contributed by atoms with Gasteiger partial charge in [-0.15, -0.1) is 0 Å². The highest BCUT2D eigenvalue weighted by Gasteiger charge is 2.40. The highest BCUT2D eigenvalue weighted by Crippen LogP contribution is 2.52. The van der Waals surface area contributed by atoms with Gasteiger partial charge in [0.25, 0.3) is 0 Å². The number of aryl methyl sites for hydroxylation is 1. The first-order chi connectivity index (χ1) is 10.1. The normalized spacial score (nSPS) is 21.2. The number of anilines is 2. The summed E-state index contributed by atoms with van der Waals surface area (Å²) in [5.74, 6) is 0.455. The van der Waals surface area contributed by atoms with Crippen LogP contribution >= 0.6 is 0 Å². The van der Waals surface area contributed by atoms with Gasteiger partial charge in [0.05, 0.1) is 6.04 Å². The third kappa shape index (κ3) is 1.84. The maximum Gasteiger partial charge on any atom is 0.221 e. The lowest BCUT2D eigenvalue weighted by Gasteiger charge is -2.12. The van der Waals surface area contributed by atoms with Crippen LogP contribution in [0.2, 0.25) is 0 Å². The predicted octanol–water partition coefficient (Wildman–Crippen LogP) is 3.76. The summed E-state index contributed by atoms with van der Waals surface area (Å²) >= 11 is 0. The van der Waals surface area contributed by atoms with Crippen LogP contribution in [0.4, 0.5) is 11.4 Å². The summed E-state index contributed by atoms with van der Waals surface area (Å²) in [6.07, 6.45) is 1.07. The Morgan fingerprint density at radius 3 is 2.86 bits per heavy atom. The molecule has 2 aromatic rings. The van der Waals surface area contributed by atoms with Crippen molar-refractivity contribution in [3.8, 4) is 0 Å². The van der Waals surface area contributed by atoms with Crippen molar-refractivity contribution in [2.24, 2.45) is 0 Å². The highest BCUT2D eigenvalue weighted by molar-refractivity contribution is 5.89. The molecule has 1 heterocycles. The van der Waals surface area contributed by atoms with Crippen molar-refractivity contribution < 1.29 is 4.79 Å². The van der Waals surface area contributed by atoms with Gasteiger partial charge in [-0.1, -0.05) is 24.3 Å². The Morgan fingerprint density at radius 1 is 1.24 bits per heavy atom. The van der Waals surface area contributed by atoms with Gasteiger partial charge in [-0.3, -0.25) is 4.79 Å². The van der Waals surface area contributed by atoms with Crippen LogP contribution in [-0.4, -0.2) is 5.91 Å². The van der Waals surface area contributed by atoms with E-state index >= 15 is 0 Å². The lowest BCUT2D eigenvalue weighted by atomic mass is 9.94. The molecule has 1 aliphatic heterocycles. The van der Waals surface area contributed by atoms with Gasteiger partial charge in [0.15, 0.2) is 0 Å². The van der Waals surface area contributed by atoms with Gasteiger partial charge in [-0.25, -0.2) is 0 Å². The van der Waals surface area contributed by atoms with Crippen LogP contribution < -0.4 is 10.6 Å². The monoisotopic (exact) mass is 278 g/mol. The van der Waals surface area contributed by atoms with E-state index in [1.165, 1.54) is 27.9 Å². The van der Waals surface area contributed by atoms with Gasteiger partial charge in [0, 0.05) is 24.2 Å². The molecule has 3 nitrogen and oxygen atoms in total. The molecule has 21 heavy (non-hydrogen) atoms. The molecule has 2 atom stereocenters. The summed E-state index contributed by atoms with van der Waals surface area (Å²) in [5.41, 5.74) is 7.53. The molecule has 1 amide bonds. The van der Waals surface area contributed by atoms with Crippen LogP contribution in [0.25, 0.3) is 0 Å². The number of carbonyl (C=O) groups excluding carboxylic acids is 1. The predicted molar refractivity (Wildman–Crippen MR) is 84.7 cm³/mol. The largest absolute Gasteiger partial charge is 0.377 e. The Kier molecular flexibility index (Phi) is 2.58. The molecule has 4 rings (SSSR count). The molecular formula is C18H18N2O. The Hall–Kier alpha value is -2.29. The number of hydrogen-bond donors (Lipinski definition) is 2. The molecule has 0 unspecified atom stereocenters. The highest BCUT2D eigenvalue weighted by atomic mass is 16.1. The molecule has 0 saturated carbocycles. The van der Waals surface area contributed by atoms with Crippen LogP contribution in [0.15, 0.2) is 36.4 Å². The second-order valence-electron chi connectivity index (χ2n) is 6.07. The van der Waals surface area contributed by atoms with Crippen molar-refractivity contribution in [2.75, 3.05) is 10.6 Å². The molecule has 0 fully saturated rings. The number of carbonyl (C=O) groups is 1. The van der Waals surface area contributed by atoms with E-state index in [0.29, 0.717) is 12.0 Å². The number of amides is 1. The molecule has 2 aromatic carbocycles. The van der Waals surface area contributed by atoms with E-state index in [-0.39, 0.29) is 5.91 Å². The molecule has 0 spiro atoms. The minimum absolute atomic E-state index is 0.0217. The third-order valence-electron chi connectivity index (χ3n) is 4.62. The zero-order valence-corrected chi connectivity index (χ0v) is 12.2. The SMILES string of the molecule is CC(=O)Nc1cc(C)c2c(c1)[C@H]1Cc3ccccc3[C@H]1N2. The third-order valence-corrected chi connectivity index (χ3v) is 4.62. The van der Waals surface area contributed by atoms with E-state index in [9.17, 15) is 4.79 Å². The molecule has 0 aromatic heterocycles. The van der Waals surface area contributed by atoms with E-state index in [2.05, 4.69) is 47.9 Å². The van der Waals surface area contributed by atoms with Crippen LogP contribution in [0.5, 0.6) is 0 Å². The summed E-state index contributed by atoms with van der Waals surface area (Å²) in [4.78, 5) is 11.3. The molecule has 3 heteroatoms. The van der Waals surface area contributed by atoms with Gasteiger partial charge < -0.3 is 10.6 Å². The van der Waals surface area contributed by atoms with Crippen molar-refractivity contribution in [3.05, 3.63) is 58.7 Å². The molecule has 0 radical (unpaired) electrons. The Morgan fingerprint density at radius 2 is 2.05 bits per heavy atom. The first-order valence-electron chi connectivity index (χ1n) is 7.40. The minimum Gasteiger partial charge on any atom is -0.377 e. The minimum atomic E-state index is -0.0217. The Bertz CT molecular complexity index is 751. The summed E-state index contributed by atoms with van der Waals surface area (Å²) in [6.45, 7) is 3.65. The maximum atomic E-state index is 11.3. The first-order valence-corrected chi connectivity index (χ1v) is 7.40. The second kappa shape index (κ2) is 4.35. The van der Waals surface area contributed by atoms with Crippen LogP contribution in [0.1, 0.15) is 41.1 Å². The first kappa shape index (κ1) is 12.5. The standard InChI is InChI=1S/C18H18N2O/c1-10-7-13(19-11(2)21)9-16-15-8-12-5-3-4-6-14(12)18(15)20-17(10)16/h3-7,9,15,18,20H,8H2,1-2H3,(H,19,21)/t15-,18-/m1/s1. The smallest absolute Gasteiger partial charge is 0.221 e. The number of hydrogen-bond acceptors (Lipinski definition) is 2. The summed E-state index contributed by atoms with van der Waals surface area (Å²) in [7, 11) is 0. The molecule has 0 saturated heterocycles. The van der Waals surface area contributed by atoms with Crippen molar-refractivity contribution in [3.63, 3.8) is 0 Å². The van der Waals surface area contributed by atoms with Crippen molar-refractivity contribution in [1.29, 1.82) is 0 Å². The van der Waals surface area contributed by atoms with Crippen molar-refractivity contribution in [2.45, 2.75) is 32.2 Å². The summed E-state index contributed by atoms with van der Waals surface area (Å²) < 4.78 is 0. The fourth-order valence-corrected chi connectivity index (χ4v) is 3.80. The van der Waals surface area contributed by atoms with Crippen LogP contribution in [-0.2, 0) is 11.2 Å². The average molecular weight is 278 g/mol. The quantitative estimate of drug-likeness (QED) is 0.834. The fourth-order valence-electron chi connectivity index (χ4n) is 3.80. The van der Waals surface area contributed by atoms with Crippen LogP contribution in [0, 0.1) is 6.92 Å². The lowest BCUT2D eigenvalue weighted by molar-refractivity contribution is -0.114. The van der Waals surface area contributed by atoms with Crippen LogP contribution in [0.3, 0.4) is 0 Å². The molecule has 2 aliphatic rings. The number of rotatable bonds is 1. The van der Waals surface area contributed by atoms with E-state index in [0.717, 1.165) is 12.1 Å². The fraction of sp³-hybridized carbons (Fsp3) is 0.278. The van der Waals surface area contributed by atoms with Gasteiger partial charge in [-0.05, 0) is 47.7 Å². The van der Waals surface area contributed by atoms with Gasteiger partial charge >= 0.3 is 0 Å². The Balaban J connectivity index is 1.77.